The molecule has 0 spiro atoms. The Bertz CT molecular complexity index is 858. The second-order valence-corrected chi connectivity index (χ2v) is 5.56. The fourth-order valence-electron chi connectivity index (χ4n) is 2.18. The largest absolute Gasteiger partial charge is 0.345 e. The lowest BCUT2D eigenvalue weighted by Crippen LogP contribution is -2.22. The summed E-state index contributed by atoms with van der Waals surface area (Å²) in [6, 6.07) is 14.4. The van der Waals surface area contributed by atoms with Gasteiger partial charge in [-0.05, 0) is 24.3 Å². The monoisotopic (exact) mass is 327 g/mol. The molecule has 0 aliphatic carbocycles. The van der Waals surface area contributed by atoms with Crippen molar-refractivity contribution in [1.82, 2.24) is 15.0 Å². The molecule has 116 valence electrons. The highest BCUT2D eigenvalue weighted by atomic mass is 35.5. The van der Waals surface area contributed by atoms with E-state index in [1.165, 1.54) is 4.90 Å². The van der Waals surface area contributed by atoms with Crippen LogP contribution in [0.15, 0.2) is 53.1 Å². The van der Waals surface area contributed by atoms with E-state index in [4.69, 9.17) is 16.1 Å². The van der Waals surface area contributed by atoms with Crippen LogP contribution in [0, 0.1) is 0 Å². The molecule has 23 heavy (non-hydrogen) atoms. The predicted molar refractivity (Wildman–Crippen MR) is 88.2 cm³/mol. The van der Waals surface area contributed by atoms with Gasteiger partial charge in [-0.1, -0.05) is 41.0 Å². The van der Waals surface area contributed by atoms with Crippen LogP contribution < -0.4 is 0 Å². The quantitative estimate of drug-likeness (QED) is 0.735. The zero-order valence-corrected chi connectivity index (χ0v) is 13.4. The molecular formula is C17H14ClN3O2. The Kier molecular flexibility index (Phi) is 4.12. The fourth-order valence-corrected chi connectivity index (χ4v) is 2.40. The first-order chi connectivity index (χ1) is 11.1. The molecule has 2 aromatic carbocycles. The van der Waals surface area contributed by atoms with Crippen molar-refractivity contribution in [2.24, 2.45) is 0 Å². The van der Waals surface area contributed by atoms with E-state index in [9.17, 15) is 4.79 Å². The minimum Gasteiger partial charge on any atom is -0.345 e. The predicted octanol–water partition coefficient (Wildman–Crippen LogP) is 3.76. The van der Waals surface area contributed by atoms with Gasteiger partial charge in [0.25, 0.3) is 11.8 Å². The van der Waals surface area contributed by atoms with Gasteiger partial charge in [0.2, 0.25) is 5.82 Å². The van der Waals surface area contributed by atoms with Gasteiger partial charge in [-0.2, -0.15) is 4.98 Å². The number of carbonyl (C=O) groups is 1. The Balaban J connectivity index is 2.05. The minimum atomic E-state index is -0.127. The van der Waals surface area contributed by atoms with Crippen LogP contribution in [0.5, 0.6) is 0 Å². The van der Waals surface area contributed by atoms with E-state index in [2.05, 4.69) is 10.1 Å². The van der Waals surface area contributed by atoms with Gasteiger partial charge in [0.05, 0.1) is 16.1 Å². The van der Waals surface area contributed by atoms with Crippen molar-refractivity contribution in [3.63, 3.8) is 0 Å². The molecule has 1 heterocycles. The molecule has 1 amide bonds. The molecule has 0 aliphatic rings. The number of hydrogen-bond acceptors (Lipinski definition) is 4. The van der Waals surface area contributed by atoms with Crippen molar-refractivity contribution < 1.29 is 9.32 Å². The van der Waals surface area contributed by atoms with Gasteiger partial charge in [-0.15, -0.1) is 0 Å². The molecule has 0 bridgehead atoms. The Morgan fingerprint density at radius 2 is 1.70 bits per heavy atom. The van der Waals surface area contributed by atoms with E-state index in [0.29, 0.717) is 27.5 Å². The van der Waals surface area contributed by atoms with Crippen LogP contribution in [0.2, 0.25) is 5.02 Å². The topological polar surface area (TPSA) is 59.2 Å². The summed E-state index contributed by atoms with van der Waals surface area (Å²) in [4.78, 5) is 18.2. The molecule has 0 saturated heterocycles. The van der Waals surface area contributed by atoms with E-state index in [1.807, 2.05) is 24.3 Å². The molecule has 0 fully saturated rings. The van der Waals surface area contributed by atoms with Gasteiger partial charge in [0, 0.05) is 19.7 Å². The highest BCUT2D eigenvalue weighted by Gasteiger charge is 2.19. The van der Waals surface area contributed by atoms with Gasteiger partial charge in [0.15, 0.2) is 0 Å². The zero-order valence-electron chi connectivity index (χ0n) is 12.7. The van der Waals surface area contributed by atoms with E-state index < -0.39 is 0 Å². The lowest BCUT2D eigenvalue weighted by atomic mass is 10.1. The molecule has 0 aliphatic heterocycles. The van der Waals surface area contributed by atoms with E-state index >= 15 is 0 Å². The molecule has 0 saturated carbocycles. The van der Waals surface area contributed by atoms with Gasteiger partial charge in [0.1, 0.15) is 0 Å². The average Bonchev–Trinajstić information content (AvgIpc) is 3.04. The first-order valence-corrected chi connectivity index (χ1v) is 7.35. The van der Waals surface area contributed by atoms with Crippen molar-refractivity contribution in [1.29, 1.82) is 0 Å². The van der Waals surface area contributed by atoms with Gasteiger partial charge in [-0.3, -0.25) is 4.79 Å². The maximum absolute atomic E-state index is 12.3. The molecule has 6 heteroatoms. The minimum absolute atomic E-state index is 0.127. The number of rotatable bonds is 3. The Morgan fingerprint density at radius 1 is 1.04 bits per heavy atom. The summed E-state index contributed by atoms with van der Waals surface area (Å²) < 4.78 is 5.34. The smallest absolute Gasteiger partial charge is 0.259 e. The third-order valence-electron chi connectivity index (χ3n) is 3.33. The van der Waals surface area contributed by atoms with Crippen molar-refractivity contribution >= 4 is 17.5 Å². The van der Waals surface area contributed by atoms with E-state index in [0.717, 1.165) is 0 Å². The Labute approximate surface area is 138 Å². The maximum Gasteiger partial charge on any atom is 0.259 e. The number of aromatic nitrogens is 2. The average molecular weight is 328 g/mol. The van der Waals surface area contributed by atoms with Gasteiger partial charge >= 0.3 is 0 Å². The number of carbonyl (C=O) groups excluding carboxylic acids is 1. The van der Waals surface area contributed by atoms with Crippen LogP contribution in [0.3, 0.4) is 0 Å². The summed E-state index contributed by atoms with van der Waals surface area (Å²) in [7, 11) is 3.39. The van der Waals surface area contributed by atoms with E-state index in [-0.39, 0.29) is 11.8 Å². The van der Waals surface area contributed by atoms with Crippen LogP contribution in [0.4, 0.5) is 0 Å². The molecule has 0 radical (unpaired) electrons. The fraction of sp³-hybridized carbons (Fsp3) is 0.118. The summed E-state index contributed by atoms with van der Waals surface area (Å²) in [6.07, 6.45) is 0. The van der Waals surface area contributed by atoms with Crippen LogP contribution in [-0.2, 0) is 0 Å². The van der Waals surface area contributed by atoms with Gasteiger partial charge < -0.3 is 9.42 Å². The number of halogens is 1. The zero-order chi connectivity index (χ0) is 16.4. The lowest BCUT2D eigenvalue weighted by Gasteiger charge is -2.11. The highest BCUT2D eigenvalue weighted by Crippen LogP contribution is 2.29. The van der Waals surface area contributed by atoms with Crippen LogP contribution >= 0.6 is 11.6 Å². The van der Waals surface area contributed by atoms with Crippen LogP contribution in [0.25, 0.3) is 22.8 Å². The molecule has 0 atom stereocenters. The Hall–Kier alpha value is -2.66. The second kappa shape index (κ2) is 6.22. The molecule has 5 nitrogen and oxygen atoms in total. The number of nitrogens with zero attached hydrogens (tertiary/aromatic N) is 3. The number of amides is 1. The first kappa shape index (κ1) is 15.2. The van der Waals surface area contributed by atoms with E-state index in [1.54, 1.807) is 38.4 Å². The second-order valence-electron chi connectivity index (χ2n) is 5.15. The normalized spacial score (nSPS) is 10.6. The molecular weight excluding hydrogens is 314 g/mol. The van der Waals surface area contributed by atoms with Crippen molar-refractivity contribution in [3.8, 4) is 22.8 Å². The molecule has 0 unspecified atom stereocenters. The summed E-state index contributed by atoms with van der Waals surface area (Å²) >= 11 is 6.15. The van der Waals surface area contributed by atoms with Crippen LogP contribution in [0.1, 0.15) is 10.4 Å². The van der Waals surface area contributed by atoms with Crippen molar-refractivity contribution in [2.45, 2.75) is 0 Å². The molecule has 3 rings (SSSR count). The maximum atomic E-state index is 12.3. The third kappa shape index (κ3) is 2.96. The van der Waals surface area contributed by atoms with Crippen molar-refractivity contribution in [2.75, 3.05) is 14.1 Å². The summed E-state index contributed by atoms with van der Waals surface area (Å²) in [6.45, 7) is 0. The third-order valence-corrected chi connectivity index (χ3v) is 3.66. The highest BCUT2D eigenvalue weighted by molar-refractivity contribution is 6.33. The van der Waals surface area contributed by atoms with Crippen LogP contribution in [-0.4, -0.2) is 35.0 Å². The molecule has 1 aromatic heterocycles. The SMILES string of the molecule is CN(C)C(=O)c1ccccc1-c1nc(-c2ccccc2Cl)no1. The molecule has 3 aromatic rings. The molecule has 0 N–H and O–H groups in total. The Morgan fingerprint density at radius 3 is 2.39 bits per heavy atom. The summed E-state index contributed by atoms with van der Waals surface area (Å²) in [5, 5.41) is 4.51. The number of hydrogen-bond donors (Lipinski definition) is 0. The summed E-state index contributed by atoms with van der Waals surface area (Å²) in [5.74, 6) is 0.543. The number of benzene rings is 2. The lowest BCUT2D eigenvalue weighted by molar-refractivity contribution is 0.0828. The van der Waals surface area contributed by atoms with Crippen molar-refractivity contribution in [3.05, 3.63) is 59.1 Å². The van der Waals surface area contributed by atoms with Gasteiger partial charge in [-0.25, -0.2) is 0 Å². The first-order valence-electron chi connectivity index (χ1n) is 6.97. The standard InChI is InChI=1S/C17H14ClN3O2/c1-21(2)17(22)12-8-4-3-7-11(12)16-19-15(20-23-16)13-9-5-6-10-14(13)18/h3-10H,1-2H3. The summed E-state index contributed by atoms with van der Waals surface area (Å²) in [5.41, 5.74) is 1.78.